The quantitative estimate of drug-likeness (QED) is 0.599. The largest absolute Gasteiger partial charge is 0.325 e. The number of halogens is 2. The molecule has 14 heavy (non-hydrogen) atoms. The van der Waals surface area contributed by atoms with E-state index in [9.17, 15) is 8.78 Å². The van der Waals surface area contributed by atoms with Gasteiger partial charge in [0.05, 0.1) is 13.1 Å². The summed E-state index contributed by atoms with van der Waals surface area (Å²) in [6.45, 7) is 4.10. The maximum Gasteiger partial charge on any atom is 0.272 e. The molecule has 0 aliphatic heterocycles. The Kier molecular flexibility index (Phi) is 7.01. The van der Waals surface area contributed by atoms with Gasteiger partial charge >= 0.3 is 0 Å². The van der Waals surface area contributed by atoms with Crippen molar-refractivity contribution in [3.63, 3.8) is 0 Å². The van der Waals surface area contributed by atoms with Crippen molar-refractivity contribution in [1.82, 2.24) is 5.32 Å². The maximum atomic E-state index is 12.6. The van der Waals surface area contributed by atoms with Crippen LogP contribution in [0.25, 0.3) is 0 Å². The SMILES string of the molecule is CC(C)CCCCNCC(F)(F)CN. The van der Waals surface area contributed by atoms with Crippen LogP contribution in [0.2, 0.25) is 0 Å². The summed E-state index contributed by atoms with van der Waals surface area (Å²) in [7, 11) is 0. The molecular formula is C10H22F2N2. The molecule has 0 heterocycles. The molecule has 0 amide bonds. The Hall–Kier alpha value is -0.220. The van der Waals surface area contributed by atoms with Gasteiger partial charge in [0.15, 0.2) is 0 Å². The van der Waals surface area contributed by atoms with Crippen LogP contribution in [0, 0.1) is 5.92 Å². The predicted molar refractivity (Wildman–Crippen MR) is 55.6 cm³/mol. The number of hydrogen-bond acceptors (Lipinski definition) is 2. The predicted octanol–water partition coefficient (Wildman–Crippen LogP) is 2.00. The van der Waals surface area contributed by atoms with Crippen LogP contribution in [0.1, 0.15) is 33.1 Å². The van der Waals surface area contributed by atoms with Gasteiger partial charge in [-0.25, -0.2) is 8.78 Å². The lowest BCUT2D eigenvalue weighted by molar-refractivity contribution is 0.0119. The minimum Gasteiger partial charge on any atom is -0.325 e. The first-order chi connectivity index (χ1) is 6.48. The van der Waals surface area contributed by atoms with E-state index in [1.807, 2.05) is 0 Å². The molecule has 0 bridgehead atoms. The lowest BCUT2D eigenvalue weighted by atomic mass is 10.1. The monoisotopic (exact) mass is 208 g/mol. The second kappa shape index (κ2) is 7.12. The number of alkyl halides is 2. The summed E-state index contributed by atoms with van der Waals surface area (Å²) >= 11 is 0. The van der Waals surface area contributed by atoms with E-state index in [-0.39, 0.29) is 6.54 Å². The average molecular weight is 208 g/mol. The van der Waals surface area contributed by atoms with Crippen LogP contribution < -0.4 is 11.1 Å². The van der Waals surface area contributed by atoms with E-state index in [4.69, 9.17) is 5.73 Å². The molecule has 0 spiro atoms. The minimum atomic E-state index is -2.75. The third kappa shape index (κ3) is 8.38. The summed E-state index contributed by atoms with van der Waals surface area (Å²) in [4.78, 5) is 0. The van der Waals surface area contributed by atoms with Gasteiger partial charge in [-0.15, -0.1) is 0 Å². The van der Waals surface area contributed by atoms with Gasteiger partial charge in [0, 0.05) is 0 Å². The number of hydrogen-bond donors (Lipinski definition) is 2. The minimum absolute atomic E-state index is 0.300. The Morgan fingerprint density at radius 1 is 1.29 bits per heavy atom. The summed E-state index contributed by atoms with van der Waals surface area (Å²) in [6, 6.07) is 0. The molecule has 0 aromatic rings. The summed E-state index contributed by atoms with van der Waals surface area (Å²) < 4.78 is 25.2. The number of nitrogens with one attached hydrogen (secondary N) is 1. The number of unbranched alkanes of at least 4 members (excludes halogenated alkanes) is 1. The van der Waals surface area contributed by atoms with E-state index in [1.165, 1.54) is 0 Å². The first-order valence-corrected chi connectivity index (χ1v) is 5.26. The molecule has 86 valence electrons. The lowest BCUT2D eigenvalue weighted by Gasteiger charge is -2.14. The molecule has 0 aliphatic carbocycles. The molecule has 0 saturated heterocycles. The summed E-state index contributed by atoms with van der Waals surface area (Å²) in [5.74, 6) is -2.06. The van der Waals surface area contributed by atoms with Gasteiger partial charge in [0.2, 0.25) is 0 Å². The Morgan fingerprint density at radius 2 is 1.93 bits per heavy atom. The number of rotatable bonds is 8. The summed E-state index contributed by atoms with van der Waals surface area (Å²) in [6.07, 6.45) is 3.21. The van der Waals surface area contributed by atoms with Gasteiger partial charge in [0.1, 0.15) is 0 Å². The molecule has 2 nitrogen and oxygen atoms in total. The first kappa shape index (κ1) is 13.8. The van der Waals surface area contributed by atoms with Crippen molar-refractivity contribution in [2.24, 2.45) is 11.7 Å². The molecule has 3 N–H and O–H groups in total. The zero-order chi connectivity index (χ0) is 11.0. The van der Waals surface area contributed by atoms with Crippen LogP contribution in [-0.4, -0.2) is 25.6 Å². The second-order valence-electron chi connectivity index (χ2n) is 4.13. The highest BCUT2D eigenvalue weighted by atomic mass is 19.3. The summed E-state index contributed by atoms with van der Waals surface area (Å²) in [5.41, 5.74) is 4.90. The van der Waals surface area contributed by atoms with Crippen molar-refractivity contribution in [1.29, 1.82) is 0 Å². The topological polar surface area (TPSA) is 38.0 Å². The third-order valence-corrected chi connectivity index (χ3v) is 2.07. The maximum absolute atomic E-state index is 12.6. The van der Waals surface area contributed by atoms with E-state index >= 15 is 0 Å². The molecular weight excluding hydrogens is 186 g/mol. The van der Waals surface area contributed by atoms with Crippen molar-refractivity contribution in [2.75, 3.05) is 19.6 Å². The van der Waals surface area contributed by atoms with E-state index in [0.717, 1.165) is 19.3 Å². The van der Waals surface area contributed by atoms with Gasteiger partial charge in [-0.05, 0) is 18.9 Å². The molecule has 0 aromatic heterocycles. The molecule has 0 aliphatic rings. The van der Waals surface area contributed by atoms with Crippen molar-refractivity contribution < 1.29 is 8.78 Å². The van der Waals surface area contributed by atoms with Crippen LogP contribution in [-0.2, 0) is 0 Å². The van der Waals surface area contributed by atoms with Crippen LogP contribution in [0.5, 0.6) is 0 Å². The van der Waals surface area contributed by atoms with Gasteiger partial charge in [-0.2, -0.15) is 0 Å². The average Bonchev–Trinajstić information content (AvgIpc) is 2.10. The van der Waals surface area contributed by atoms with Crippen molar-refractivity contribution in [3.8, 4) is 0 Å². The standard InChI is InChI=1S/C10H22F2N2/c1-9(2)5-3-4-6-14-8-10(11,12)7-13/h9,14H,3-8,13H2,1-2H3. The van der Waals surface area contributed by atoms with Crippen LogP contribution in [0.3, 0.4) is 0 Å². The Morgan fingerprint density at radius 3 is 2.43 bits per heavy atom. The smallest absolute Gasteiger partial charge is 0.272 e. The molecule has 4 heteroatoms. The number of nitrogens with two attached hydrogens (primary N) is 1. The van der Waals surface area contributed by atoms with Crippen LogP contribution in [0.15, 0.2) is 0 Å². The molecule has 0 atom stereocenters. The fourth-order valence-corrected chi connectivity index (χ4v) is 1.15. The highest BCUT2D eigenvalue weighted by molar-refractivity contribution is 4.69. The third-order valence-electron chi connectivity index (χ3n) is 2.07. The zero-order valence-electron chi connectivity index (χ0n) is 9.15. The zero-order valence-corrected chi connectivity index (χ0v) is 9.15. The Labute approximate surface area is 85.2 Å². The van der Waals surface area contributed by atoms with Gasteiger partial charge in [0.25, 0.3) is 5.92 Å². The van der Waals surface area contributed by atoms with Gasteiger partial charge in [-0.1, -0.05) is 26.7 Å². The van der Waals surface area contributed by atoms with Crippen LogP contribution in [0.4, 0.5) is 8.78 Å². The molecule has 0 rings (SSSR count). The van der Waals surface area contributed by atoms with Crippen LogP contribution >= 0.6 is 0 Å². The second-order valence-corrected chi connectivity index (χ2v) is 4.13. The molecule has 0 fully saturated rings. The molecule has 0 aromatic carbocycles. The highest BCUT2D eigenvalue weighted by Crippen LogP contribution is 2.09. The molecule has 0 saturated carbocycles. The van der Waals surface area contributed by atoms with Gasteiger partial charge < -0.3 is 11.1 Å². The fourth-order valence-electron chi connectivity index (χ4n) is 1.15. The lowest BCUT2D eigenvalue weighted by Crippen LogP contribution is -2.39. The van der Waals surface area contributed by atoms with Crippen molar-refractivity contribution in [3.05, 3.63) is 0 Å². The van der Waals surface area contributed by atoms with Gasteiger partial charge in [-0.3, -0.25) is 0 Å². The first-order valence-electron chi connectivity index (χ1n) is 5.26. The van der Waals surface area contributed by atoms with Crippen molar-refractivity contribution in [2.45, 2.75) is 39.0 Å². The molecule has 0 unspecified atom stereocenters. The van der Waals surface area contributed by atoms with E-state index in [1.54, 1.807) is 0 Å². The molecule has 0 radical (unpaired) electrons. The Bertz CT molecular complexity index is 138. The Balaban J connectivity index is 3.21. The van der Waals surface area contributed by atoms with E-state index in [2.05, 4.69) is 19.2 Å². The van der Waals surface area contributed by atoms with Crippen molar-refractivity contribution >= 4 is 0 Å². The van der Waals surface area contributed by atoms with E-state index in [0.29, 0.717) is 12.5 Å². The normalized spacial score (nSPS) is 12.4. The summed E-state index contributed by atoms with van der Waals surface area (Å²) in [5, 5.41) is 2.72. The fraction of sp³-hybridized carbons (Fsp3) is 1.00. The highest BCUT2D eigenvalue weighted by Gasteiger charge is 2.25. The van der Waals surface area contributed by atoms with E-state index < -0.39 is 12.5 Å².